The molecule has 0 aliphatic heterocycles. The third kappa shape index (κ3) is 4.55. The molecule has 0 aliphatic carbocycles. The average molecular weight is 251 g/mol. The highest BCUT2D eigenvalue weighted by Crippen LogP contribution is 2.13. The lowest BCUT2D eigenvalue weighted by Crippen LogP contribution is -2.42. The minimum absolute atomic E-state index is 0.381. The Bertz CT molecular complexity index is 422. The largest absolute Gasteiger partial charge is 0.415 e. The molecule has 0 aromatic heterocycles. The monoisotopic (exact) mass is 251 g/mol. The van der Waals surface area contributed by atoms with Gasteiger partial charge in [-0.2, -0.15) is 0 Å². The number of rotatable bonds is 2. The lowest BCUT2D eigenvalue weighted by Gasteiger charge is -2.20. The summed E-state index contributed by atoms with van der Waals surface area (Å²) in [5.41, 5.74) is -0.124. The molecule has 1 aromatic rings. The van der Waals surface area contributed by atoms with E-state index < -0.39 is 23.7 Å². The Morgan fingerprint density at radius 3 is 2.28 bits per heavy atom. The summed E-state index contributed by atoms with van der Waals surface area (Å²) in [6.07, 6.45) is -2.33. The van der Waals surface area contributed by atoms with Crippen molar-refractivity contribution in [3.8, 4) is 0 Å². The number of ether oxygens (including phenoxy) is 1. The van der Waals surface area contributed by atoms with Gasteiger partial charge in [-0.05, 0) is 26.3 Å². The van der Waals surface area contributed by atoms with Crippen LogP contribution in [0.1, 0.15) is 32.4 Å². The van der Waals surface area contributed by atoms with Gasteiger partial charge in [-0.1, -0.05) is 30.3 Å². The maximum absolute atomic E-state index is 11.5. The summed E-state index contributed by atoms with van der Waals surface area (Å²) in [6, 6.07) is 8.27. The molecule has 0 fully saturated rings. The van der Waals surface area contributed by atoms with Crippen LogP contribution in [0.4, 0.5) is 4.79 Å². The third-order valence-electron chi connectivity index (χ3n) is 2.01. The minimum Gasteiger partial charge on any atom is -0.377 e. The molecule has 0 bridgehead atoms. The van der Waals surface area contributed by atoms with Gasteiger partial charge in [-0.15, -0.1) is 0 Å². The van der Waals surface area contributed by atoms with Crippen molar-refractivity contribution in [3.63, 3.8) is 0 Å². The number of aliphatic hydroxyl groups excluding tert-OH is 1. The van der Waals surface area contributed by atoms with Crippen LogP contribution in [0.5, 0.6) is 0 Å². The molecule has 1 aromatic carbocycles. The van der Waals surface area contributed by atoms with E-state index in [1.807, 2.05) is 0 Å². The molecule has 5 heteroatoms. The van der Waals surface area contributed by atoms with Crippen molar-refractivity contribution in [3.05, 3.63) is 35.9 Å². The molecule has 0 saturated heterocycles. The molecule has 5 nitrogen and oxygen atoms in total. The Labute approximate surface area is 106 Å². The molecule has 0 radical (unpaired) electrons. The maximum atomic E-state index is 11.5. The Hall–Kier alpha value is -1.88. The Morgan fingerprint density at radius 1 is 1.22 bits per heavy atom. The molecule has 1 amide bonds. The molecular weight excluding hydrogens is 234 g/mol. The number of nitrogens with one attached hydrogen (secondary N) is 1. The summed E-state index contributed by atoms with van der Waals surface area (Å²) < 4.78 is 4.50. The number of alkyl carbamates (subject to hydrolysis) is 1. The standard InChI is InChI=1S/C13H17NO4/c1-13(2,3)14-12(17)18-11(16)10(15)9-7-5-4-6-8-9/h4-8,10,15H,1-3H3,(H,14,17). The van der Waals surface area contributed by atoms with Crippen molar-refractivity contribution in [1.82, 2.24) is 5.32 Å². The molecule has 0 heterocycles. The molecule has 0 spiro atoms. The molecule has 0 aliphatic rings. The smallest absolute Gasteiger partial charge is 0.377 e. The van der Waals surface area contributed by atoms with Crippen LogP contribution >= 0.6 is 0 Å². The highest BCUT2D eigenvalue weighted by molar-refractivity contribution is 5.87. The van der Waals surface area contributed by atoms with E-state index in [1.165, 1.54) is 0 Å². The second-order valence-corrected chi connectivity index (χ2v) is 4.90. The first kappa shape index (κ1) is 14.2. The van der Waals surface area contributed by atoms with Crippen LogP contribution in [0, 0.1) is 0 Å². The van der Waals surface area contributed by atoms with E-state index in [0.29, 0.717) is 5.56 Å². The van der Waals surface area contributed by atoms with E-state index in [1.54, 1.807) is 51.1 Å². The molecule has 1 atom stereocenters. The number of carbonyl (C=O) groups is 2. The predicted octanol–water partition coefficient (Wildman–Crippen LogP) is 1.77. The summed E-state index contributed by atoms with van der Waals surface area (Å²) in [4.78, 5) is 22.8. The quantitative estimate of drug-likeness (QED) is 0.620. The Kier molecular flexibility index (Phi) is 4.44. The second kappa shape index (κ2) is 5.64. The molecule has 18 heavy (non-hydrogen) atoms. The van der Waals surface area contributed by atoms with E-state index in [4.69, 9.17) is 0 Å². The molecule has 1 rings (SSSR count). The van der Waals surface area contributed by atoms with Crippen LogP contribution in [-0.4, -0.2) is 22.7 Å². The van der Waals surface area contributed by atoms with Crippen molar-refractivity contribution in [2.24, 2.45) is 0 Å². The number of hydrogen-bond acceptors (Lipinski definition) is 4. The molecule has 1 unspecified atom stereocenters. The number of carbonyl (C=O) groups excluding carboxylic acids is 2. The maximum Gasteiger partial charge on any atom is 0.415 e. The highest BCUT2D eigenvalue weighted by atomic mass is 16.6. The van der Waals surface area contributed by atoms with Crippen LogP contribution in [-0.2, 0) is 9.53 Å². The molecule has 0 saturated carbocycles. The summed E-state index contributed by atoms with van der Waals surface area (Å²) in [5.74, 6) is -0.997. The zero-order valence-corrected chi connectivity index (χ0v) is 10.6. The molecular formula is C13H17NO4. The first-order valence-corrected chi connectivity index (χ1v) is 5.56. The second-order valence-electron chi connectivity index (χ2n) is 4.90. The number of aliphatic hydroxyl groups is 1. The Balaban J connectivity index is 2.59. The lowest BCUT2D eigenvalue weighted by atomic mass is 10.1. The van der Waals surface area contributed by atoms with Crippen LogP contribution in [0.15, 0.2) is 30.3 Å². The summed E-state index contributed by atoms with van der Waals surface area (Å²) in [6.45, 7) is 5.27. The van der Waals surface area contributed by atoms with Gasteiger partial charge in [0.2, 0.25) is 0 Å². The topological polar surface area (TPSA) is 75.6 Å². The average Bonchev–Trinajstić information content (AvgIpc) is 2.26. The Morgan fingerprint density at radius 2 is 1.78 bits per heavy atom. The lowest BCUT2D eigenvalue weighted by molar-refractivity contribution is -0.147. The minimum atomic E-state index is -1.46. The first-order valence-electron chi connectivity index (χ1n) is 5.56. The van der Waals surface area contributed by atoms with Crippen LogP contribution < -0.4 is 5.32 Å². The van der Waals surface area contributed by atoms with Crippen molar-refractivity contribution in [1.29, 1.82) is 0 Å². The van der Waals surface area contributed by atoms with Gasteiger partial charge >= 0.3 is 12.1 Å². The van der Waals surface area contributed by atoms with Gasteiger partial charge in [0.05, 0.1) is 0 Å². The SMILES string of the molecule is CC(C)(C)NC(=O)OC(=O)C(O)c1ccccc1. The van der Waals surface area contributed by atoms with Crippen LogP contribution in [0.25, 0.3) is 0 Å². The van der Waals surface area contributed by atoms with Gasteiger partial charge in [0.15, 0.2) is 6.10 Å². The summed E-state index contributed by atoms with van der Waals surface area (Å²) in [5, 5.41) is 12.1. The fraction of sp³-hybridized carbons (Fsp3) is 0.385. The number of hydrogen-bond donors (Lipinski definition) is 2. The fourth-order valence-corrected chi connectivity index (χ4v) is 1.25. The van der Waals surface area contributed by atoms with Gasteiger partial charge in [0.1, 0.15) is 0 Å². The van der Waals surface area contributed by atoms with Gasteiger partial charge in [-0.3, -0.25) is 0 Å². The highest BCUT2D eigenvalue weighted by Gasteiger charge is 2.23. The van der Waals surface area contributed by atoms with E-state index >= 15 is 0 Å². The van der Waals surface area contributed by atoms with E-state index in [9.17, 15) is 14.7 Å². The summed E-state index contributed by atoms with van der Waals surface area (Å²) in [7, 11) is 0. The van der Waals surface area contributed by atoms with Crippen molar-refractivity contribution >= 4 is 12.1 Å². The van der Waals surface area contributed by atoms with Crippen LogP contribution in [0.2, 0.25) is 0 Å². The van der Waals surface area contributed by atoms with Crippen LogP contribution in [0.3, 0.4) is 0 Å². The number of benzene rings is 1. The van der Waals surface area contributed by atoms with Gasteiger partial charge in [0.25, 0.3) is 0 Å². The predicted molar refractivity (Wildman–Crippen MR) is 65.8 cm³/mol. The van der Waals surface area contributed by atoms with Gasteiger partial charge in [0, 0.05) is 5.54 Å². The third-order valence-corrected chi connectivity index (χ3v) is 2.01. The van der Waals surface area contributed by atoms with E-state index in [-0.39, 0.29) is 0 Å². The van der Waals surface area contributed by atoms with Crippen molar-refractivity contribution in [2.45, 2.75) is 32.4 Å². The van der Waals surface area contributed by atoms with Gasteiger partial charge in [-0.25, -0.2) is 9.59 Å². The number of amides is 1. The molecule has 98 valence electrons. The van der Waals surface area contributed by atoms with E-state index in [0.717, 1.165) is 0 Å². The van der Waals surface area contributed by atoms with Crippen molar-refractivity contribution in [2.75, 3.05) is 0 Å². The number of esters is 1. The summed E-state index contributed by atoms with van der Waals surface area (Å²) >= 11 is 0. The molecule has 2 N–H and O–H groups in total. The zero-order chi connectivity index (χ0) is 13.8. The van der Waals surface area contributed by atoms with Gasteiger partial charge < -0.3 is 15.2 Å². The van der Waals surface area contributed by atoms with E-state index in [2.05, 4.69) is 10.1 Å². The fourth-order valence-electron chi connectivity index (χ4n) is 1.25. The normalized spacial score (nSPS) is 12.7. The van der Waals surface area contributed by atoms with Crippen molar-refractivity contribution < 1.29 is 19.4 Å². The first-order chi connectivity index (χ1) is 8.29. The zero-order valence-electron chi connectivity index (χ0n) is 10.6.